The van der Waals surface area contributed by atoms with Gasteiger partial charge in [-0.1, -0.05) is 0 Å². The van der Waals surface area contributed by atoms with Crippen LogP contribution in [-0.2, 0) is 4.74 Å². The van der Waals surface area contributed by atoms with Crippen molar-refractivity contribution in [2.24, 2.45) is 0 Å². The molecule has 0 aromatic heterocycles. The van der Waals surface area contributed by atoms with Crippen LogP contribution in [0, 0.1) is 13.8 Å². The number of methoxy groups -OCH3 is 1. The van der Waals surface area contributed by atoms with Gasteiger partial charge in [-0.25, -0.2) is 4.79 Å². The number of rotatable bonds is 2. The zero-order valence-electron chi connectivity index (χ0n) is 9.20. The minimum Gasteiger partial charge on any atom is -0.507 e. The Labute approximate surface area is 92.3 Å². The third-order valence-electron chi connectivity index (χ3n) is 2.56. The van der Waals surface area contributed by atoms with Gasteiger partial charge >= 0.3 is 5.97 Å². The van der Waals surface area contributed by atoms with Gasteiger partial charge in [0.25, 0.3) is 0 Å². The monoisotopic (exact) mass is 224 g/mol. The molecule has 5 nitrogen and oxygen atoms in total. The first-order chi connectivity index (χ1) is 7.45. The molecule has 1 aromatic carbocycles. The Balaban J connectivity index is 3.68. The van der Waals surface area contributed by atoms with Crippen LogP contribution in [0.5, 0.6) is 11.5 Å². The topological polar surface area (TPSA) is 83.8 Å². The normalized spacial score (nSPS) is 9.94. The van der Waals surface area contributed by atoms with E-state index in [1.54, 1.807) is 13.8 Å². The average Bonchev–Trinajstić information content (AvgIpc) is 2.27. The predicted molar refractivity (Wildman–Crippen MR) is 56.0 cm³/mol. The number of aromatic hydroxyl groups is 2. The minimum absolute atomic E-state index is 0.0179. The molecule has 0 radical (unpaired) electrons. The molecule has 2 N–H and O–H groups in total. The molecule has 16 heavy (non-hydrogen) atoms. The molecular weight excluding hydrogens is 212 g/mol. The Morgan fingerprint density at radius 3 is 2.19 bits per heavy atom. The number of ether oxygens (including phenoxy) is 1. The van der Waals surface area contributed by atoms with E-state index in [9.17, 15) is 19.8 Å². The SMILES string of the molecule is COC(=O)c1c(O)c(C)c(C)c(C=O)c1O. The highest BCUT2D eigenvalue weighted by Crippen LogP contribution is 2.36. The maximum atomic E-state index is 11.3. The highest BCUT2D eigenvalue weighted by Gasteiger charge is 2.24. The van der Waals surface area contributed by atoms with Crippen molar-refractivity contribution >= 4 is 12.3 Å². The van der Waals surface area contributed by atoms with Gasteiger partial charge in [-0.15, -0.1) is 0 Å². The molecule has 0 fully saturated rings. The van der Waals surface area contributed by atoms with Crippen molar-refractivity contribution in [3.63, 3.8) is 0 Å². The van der Waals surface area contributed by atoms with Crippen LogP contribution >= 0.6 is 0 Å². The lowest BCUT2D eigenvalue weighted by atomic mass is 9.97. The summed E-state index contributed by atoms with van der Waals surface area (Å²) in [5.41, 5.74) is 0.390. The van der Waals surface area contributed by atoms with Crippen molar-refractivity contribution in [1.82, 2.24) is 0 Å². The first kappa shape index (κ1) is 12.0. The van der Waals surface area contributed by atoms with Crippen LogP contribution in [0.25, 0.3) is 0 Å². The van der Waals surface area contributed by atoms with Crippen LogP contribution in [0.4, 0.5) is 0 Å². The number of esters is 1. The van der Waals surface area contributed by atoms with Crippen molar-refractivity contribution < 1.29 is 24.5 Å². The Kier molecular flexibility index (Phi) is 3.17. The summed E-state index contributed by atoms with van der Waals surface area (Å²) in [4.78, 5) is 22.1. The number of aldehydes is 1. The van der Waals surface area contributed by atoms with Gasteiger partial charge in [-0.3, -0.25) is 4.79 Å². The van der Waals surface area contributed by atoms with E-state index in [2.05, 4.69) is 4.74 Å². The number of phenolic OH excluding ortho intramolecular Hbond substituents is 2. The van der Waals surface area contributed by atoms with Crippen LogP contribution in [0.3, 0.4) is 0 Å². The molecule has 0 aliphatic carbocycles. The van der Waals surface area contributed by atoms with Crippen LogP contribution in [0.2, 0.25) is 0 Å². The number of carbonyl (C=O) groups excluding carboxylic acids is 2. The summed E-state index contributed by atoms with van der Waals surface area (Å²) >= 11 is 0. The second-order valence-electron chi connectivity index (χ2n) is 3.35. The first-order valence-corrected chi connectivity index (χ1v) is 4.54. The lowest BCUT2D eigenvalue weighted by Crippen LogP contribution is -2.06. The Morgan fingerprint density at radius 2 is 1.75 bits per heavy atom. The number of phenols is 2. The summed E-state index contributed by atoms with van der Waals surface area (Å²) < 4.78 is 4.42. The van der Waals surface area contributed by atoms with Crippen molar-refractivity contribution in [2.45, 2.75) is 13.8 Å². The number of carbonyl (C=O) groups is 2. The van der Waals surface area contributed by atoms with Gasteiger partial charge in [0, 0.05) is 0 Å². The van der Waals surface area contributed by atoms with Crippen LogP contribution in [0.1, 0.15) is 31.8 Å². The second kappa shape index (κ2) is 4.22. The van der Waals surface area contributed by atoms with Crippen LogP contribution in [-0.4, -0.2) is 29.6 Å². The van der Waals surface area contributed by atoms with Gasteiger partial charge < -0.3 is 14.9 Å². The van der Waals surface area contributed by atoms with E-state index in [0.717, 1.165) is 7.11 Å². The molecular formula is C11H12O5. The molecule has 0 saturated carbocycles. The molecule has 5 heteroatoms. The first-order valence-electron chi connectivity index (χ1n) is 4.54. The van der Waals surface area contributed by atoms with Crippen molar-refractivity contribution in [3.8, 4) is 11.5 Å². The van der Waals surface area contributed by atoms with E-state index >= 15 is 0 Å². The summed E-state index contributed by atoms with van der Waals surface area (Å²) in [6, 6.07) is 0. The predicted octanol–water partition coefficient (Wildman–Crippen LogP) is 1.31. The molecule has 0 spiro atoms. The van der Waals surface area contributed by atoms with Gasteiger partial charge in [0.2, 0.25) is 0 Å². The van der Waals surface area contributed by atoms with E-state index in [4.69, 9.17) is 0 Å². The van der Waals surface area contributed by atoms with Gasteiger partial charge in [0.15, 0.2) is 6.29 Å². The quantitative estimate of drug-likeness (QED) is 0.584. The largest absolute Gasteiger partial charge is 0.507 e. The third kappa shape index (κ3) is 1.60. The van der Waals surface area contributed by atoms with Gasteiger partial charge in [0.05, 0.1) is 12.7 Å². The lowest BCUT2D eigenvalue weighted by molar-refractivity contribution is 0.0593. The molecule has 0 heterocycles. The van der Waals surface area contributed by atoms with Crippen LogP contribution < -0.4 is 0 Å². The Morgan fingerprint density at radius 1 is 1.19 bits per heavy atom. The molecule has 0 aliphatic rings. The van der Waals surface area contributed by atoms with Crippen LogP contribution in [0.15, 0.2) is 0 Å². The molecule has 0 saturated heterocycles. The van der Waals surface area contributed by atoms with Gasteiger partial charge in [0.1, 0.15) is 17.1 Å². The summed E-state index contributed by atoms with van der Waals surface area (Å²) in [5, 5.41) is 19.4. The number of benzene rings is 1. The van der Waals surface area contributed by atoms with Gasteiger partial charge in [-0.05, 0) is 25.0 Å². The highest BCUT2D eigenvalue weighted by atomic mass is 16.5. The maximum absolute atomic E-state index is 11.3. The summed E-state index contributed by atoms with van der Waals surface area (Å²) in [6.07, 6.45) is 0.434. The Bertz CT molecular complexity index is 462. The van der Waals surface area contributed by atoms with E-state index in [-0.39, 0.29) is 16.9 Å². The zero-order chi connectivity index (χ0) is 12.5. The summed E-state index contributed by atoms with van der Waals surface area (Å²) in [6.45, 7) is 3.11. The molecule has 1 aromatic rings. The minimum atomic E-state index is -0.888. The molecule has 86 valence electrons. The maximum Gasteiger partial charge on any atom is 0.345 e. The fourth-order valence-corrected chi connectivity index (χ4v) is 1.43. The Hall–Kier alpha value is -2.04. The van der Waals surface area contributed by atoms with E-state index < -0.39 is 11.7 Å². The van der Waals surface area contributed by atoms with Crippen molar-refractivity contribution in [2.75, 3.05) is 7.11 Å². The van der Waals surface area contributed by atoms with E-state index in [1.807, 2.05) is 0 Å². The lowest BCUT2D eigenvalue weighted by Gasteiger charge is -2.13. The fraction of sp³-hybridized carbons (Fsp3) is 0.273. The average molecular weight is 224 g/mol. The number of hydrogen-bond acceptors (Lipinski definition) is 5. The van der Waals surface area contributed by atoms with Gasteiger partial charge in [-0.2, -0.15) is 0 Å². The molecule has 0 unspecified atom stereocenters. The highest BCUT2D eigenvalue weighted by molar-refractivity contribution is 6.00. The van der Waals surface area contributed by atoms with Crippen molar-refractivity contribution in [1.29, 1.82) is 0 Å². The molecule has 0 bridgehead atoms. The third-order valence-corrected chi connectivity index (χ3v) is 2.56. The molecule has 0 aliphatic heterocycles. The standard InChI is InChI=1S/C11H12O5/c1-5-6(2)9(13)8(11(15)16-3)10(14)7(5)4-12/h4,13-14H,1-3H3. The zero-order valence-corrected chi connectivity index (χ0v) is 9.20. The van der Waals surface area contributed by atoms with Crippen molar-refractivity contribution in [3.05, 3.63) is 22.3 Å². The molecule has 0 amide bonds. The molecule has 1 rings (SSSR count). The number of hydrogen-bond donors (Lipinski definition) is 2. The van der Waals surface area contributed by atoms with E-state index in [1.165, 1.54) is 0 Å². The summed E-state index contributed by atoms with van der Waals surface area (Å²) in [7, 11) is 1.12. The second-order valence-corrected chi connectivity index (χ2v) is 3.35. The smallest absolute Gasteiger partial charge is 0.345 e. The molecule has 0 atom stereocenters. The fourth-order valence-electron chi connectivity index (χ4n) is 1.43. The van der Waals surface area contributed by atoms with E-state index in [0.29, 0.717) is 17.4 Å². The summed E-state index contributed by atoms with van der Waals surface area (Å²) in [5.74, 6) is -1.81.